The van der Waals surface area contributed by atoms with Crippen LogP contribution in [0, 0.1) is 5.92 Å². The minimum absolute atomic E-state index is 0.0586. The smallest absolute Gasteiger partial charge is 0.307 e. The van der Waals surface area contributed by atoms with Crippen molar-refractivity contribution in [3.05, 3.63) is 0 Å². The number of hydrogen-bond acceptors (Lipinski definition) is 2. The summed E-state index contributed by atoms with van der Waals surface area (Å²) in [6.45, 7) is 4.84. The molecule has 0 saturated carbocycles. The first-order valence-corrected chi connectivity index (χ1v) is 3.87. The SMILES string of the molecule is CN1C[C@@H](C(=O)O)CC1(C)C. The molecule has 0 unspecified atom stereocenters. The number of likely N-dealkylation sites (tertiary alicyclic amines) is 1. The van der Waals surface area contributed by atoms with Crippen molar-refractivity contribution in [3.63, 3.8) is 0 Å². The van der Waals surface area contributed by atoms with Gasteiger partial charge in [-0.25, -0.2) is 0 Å². The average Bonchev–Trinajstić information content (AvgIpc) is 2.08. The highest BCUT2D eigenvalue weighted by Gasteiger charge is 2.39. The molecule has 1 aliphatic rings. The fourth-order valence-corrected chi connectivity index (χ4v) is 1.57. The Morgan fingerprint density at radius 1 is 1.64 bits per heavy atom. The molecule has 0 spiro atoms. The van der Waals surface area contributed by atoms with E-state index in [0.29, 0.717) is 6.54 Å². The van der Waals surface area contributed by atoms with E-state index in [1.165, 1.54) is 0 Å². The molecule has 0 aromatic carbocycles. The molecule has 0 bridgehead atoms. The van der Waals surface area contributed by atoms with E-state index in [2.05, 4.69) is 18.7 Å². The Morgan fingerprint density at radius 2 is 2.18 bits per heavy atom. The molecule has 1 N–H and O–H groups in total. The monoisotopic (exact) mass is 157 g/mol. The fraction of sp³-hybridized carbons (Fsp3) is 0.875. The molecule has 1 rings (SSSR count). The maximum atomic E-state index is 10.6. The summed E-state index contributed by atoms with van der Waals surface area (Å²) in [6, 6.07) is 0. The Balaban J connectivity index is 2.64. The lowest BCUT2D eigenvalue weighted by atomic mass is 9.97. The summed E-state index contributed by atoms with van der Waals surface area (Å²) in [5, 5.41) is 8.74. The van der Waals surface area contributed by atoms with Gasteiger partial charge < -0.3 is 10.0 Å². The van der Waals surface area contributed by atoms with Crippen LogP contribution in [0.4, 0.5) is 0 Å². The highest BCUT2D eigenvalue weighted by atomic mass is 16.4. The Labute approximate surface area is 67.0 Å². The molecule has 3 nitrogen and oxygen atoms in total. The van der Waals surface area contributed by atoms with Crippen LogP contribution in [0.5, 0.6) is 0 Å². The maximum Gasteiger partial charge on any atom is 0.307 e. The van der Waals surface area contributed by atoms with Gasteiger partial charge in [-0.2, -0.15) is 0 Å². The third-order valence-electron chi connectivity index (χ3n) is 2.62. The summed E-state index contributed by atoms with van der Waals surface area (Å²) in [4.78, 5) is 12.7. The van der Waals surface area contributed by atoms with Gasteiger partial charge in [-0.05, 0) is 27.3 Å². The predicted molar refractivity (Wildman–Crippen MR) is 42.5 cm³/mol. The second-order valence-corrected chi connectivity index (χ2v) is 3.93. The van der Waals surface area contributed by atoms with Crippen LogP contribution < -0.4 is 0 Å². The van der Waals surface area contributed by atoms with Gasteiger partial charge in [0.1, 0.15) is 0 Å². The molecule has 11 heavy (non-hydrogen) atoms. The van der Waals surface area contributed by atoms with E-state index >= 15 is 0 Å². The lowest BCUT2D eigenvalue weighted by Gasteiger charge is -2.26. The van der Waals surface area contributed by atoms with E-state index in [0.717, 1.165) is 6.42 Å². The molecule has 0 amide bonds. The Kier molecular flexibility index (Phi) is 1.92. The van der Waals surface area contributed by atoms with E-state index in [1.807, 2.05) is 7.05 Å². The van der Waals surface area contributed by atoms with E-state index in [1.54, 1.807) is 0 Å². The number of rotatable bonds is 1. The van der Waals surface area contributed by atoms with Gasteiger partial charge in [0.05, 0.1) is 5.92 Å². The van der Waals surface area contributed by atoms with Crippen molar-refractivity contribution in [2.45, 2.75) is 25.8 Å². The van der Waals surface area contributed by atoms with Crippen molar-refractivity contribution in [2.75, 3.05) is 13.6 Å². The van der Waals surface area contributed by atoms with Gasteiger partial charge in [-0.3, -0.25) is 4.79 Å². The summed E-state index contributed by atoms with van der Waals surface area (Å²) in [5.41, 5.74) is 0.0586. The van der Waals surface area contributed by atoms with E-state index in [9.17, 15) is 4.79 Å². The Morgan fingerprint density at radius 3 is 2.36 bits per heavy atom. The van der Waals surface area contributed by atoms with Gasteiger partial charge in [0.2, 0.25) is 0 Å². The molecule has 3 heteroatoms. The van der Waals surface area contributed by atoms with E-state index < -0.39 is 5.97 Å². The summed E-state index contributed by atoms with van der Waals surface area (Å²) in [5.74, 6) is -0.836. The normalized spacial score (nSPS) is 30.6. The first-order chi connectivity index (χ1) is 4.93. The van der Waals surface area contributed by atoms with Crippen LogP contribution in [0.2, 0.25) is 0 Å². The lowest BCUT2D eigenvalue weighted by molar-refractivity contribution is -0.141. The number of carboxylic acid groups (broad SMARTS) is 1. The summed E-state index contributed by atoms with van der Waals surface area (Å²) < 4.78 is 0. The van der Waals surface area contributed by atoms with Crippen LogP contribution in [0.25, 0.3) is 0 Å². The zero-order valence-corrected chi connectivity index (χ0v) is 7.29. The number of carbonyl (C=O) groups is 1. The predicted octanol–water partition coefficient (Wildman–Crippen LogP) is 0.801. The molecule has 0 aliphatic carbocycles. The average molecular weight is 157 g/mol. The van der Waals surface area contributed by atoms with Crippen molar-refractivity contribution in [2.24, 2.45) is 5.92 Å². The second kappa shape index (κ2) is 2.48. The molecule has 0 radical (unpaired) electrons. The van der Waals surface area contributed by atoms with Crippen molar-refractivity contribution >= 4 is 5.97 Å². The van der Waals surface area contributed by atoms with Gasteiger partial charge in [-0.15, -0.1) is 0 Å². The van der Waals surface area contributed by atoms with Gasteiger partial charge >= 0.3 is 5.97 Å². The molecule has 64 valence electrons. The number of aliphatic carboxylic acids is 1. The molecule has 1 atom stereocenters. The first kappa shape index (κ1) is 8.53. The van der Waals surface area contributed by atoms with Crippen LogP contribution in [-0.4, -0.2) is 35.1 Å². The molecule has 1 aliphatic heterocycles. The molecule has 0 aromatic heterocycles. The van der Waals surface area contributed by atoms with Crippen LogP contribution in [0.3, 0.4) is 0 Å². The second-order valence-electron chi connectivity index (χ2n) is 3.93. The Hall–Kier alpha value is -0.570. The first-order valence-electron chi connectivity index (χ1n) is 3.87. The molecular formula is C8H15NO2. The zero-order valence-electron chi connectivity index (χ0n) is 7.29. The van der Waals surface area contributed by atoms with Crippen LogP contribution in [0.15, 0.2) is 0 Å². The van der Waals surface area contributed by atoms with Crippen LogP contribution in [-0.2, 0) is 4.79 Å². The number of carboxylic acids is 1. The quantitative estimate of drug-likeness (QED) is 0.612. The van der Waals surface area contributed by atoms with Crippen LogP contribution >= 0.6 is 0 Å². The van der Waals surface area contributed by atoms with Crippen molar-refractivity contribution in [3.8, 4) is 0 Å². The van der Waals surface area contributed by atoms with Gasteiger partial charge in [0.15, 0.2) is 0 Å². The third kappa shape index (κ3) is 1.53. The van der Waals surface area contributed by atoms with Gasteiger partial charge in [-0.1, -0.05) is 0 Å². The van der Waals surface area contributed by atoms with E-state index in [-0.39, 0.29) is 11.5 Å². The molecule has 0 aromatic rings. The lowest BCUT2D eigenvalue weighted by Crippen LogP contribution is -2.34. The van der Waals surface area contributed by atoms with Crippen molar-refractivity contribution in [1.29, 1.82) is 0 Å². The highest BCUT2D eigenvalue weighted by molar-refractivity contribution is 5.70. The molecular weight excluding hydrogens is 142 g/mol. The maximum absolute atomic E-state index is 10.6. The minimum atomic E-state index is -0.664. The highest BCUT2D eigenvalue weighted by Crippen LogP contribution is 2.30. The largest absolute Gasteiger partial charge is 0.481 e. The standard InChI is InChI=1S/C8H15NO2/c1-8(2)4-6(7(10)11)5-9(8)3/h6H,4-5H2,1-3H3,(H,10,11)/t6-/m0/s1. The summed E-state index contributed by atoms with van der Waals surface area (Å²) in [6.07, 6.45) is 0.763. The van der Waals surface area contributed by atoms with Gasteiger partial charge in [0, 0.05) is 12.1 Å². The zero-order chi connectivity index (χ0) is 8.65. The molecule has 1 saturated heterocycles. The van der Waals surface area contributed by atoms with E-state index in [4.69, 9.17) is 5.11 Å². The minimum Gasteiger partial charge on any atom is -0.481 e. The number of hydrogen-bond donors (Lipinski definition) is 1. The summed E-state index contributed by atoms with van der Waals surface area (Å²) >= 11 is 0. The third-order valence-corrected chi connectivity index (χ3v) is 2.62. The topological polar surface area (TPSA) is 40.5 Å². The number of nitrogens with zero attached hydrogens (tertiary/aromatic N) is 1. The van der Waals surface area contributed by atoms with Crippen LogP contribution in [0.1, 0.15) is 20.3 Å². The van der Waals surface area contributed by atoms with Crippen molar-refractivity contribution in [1.82, 2.24) is 4.90 Å². The fourth-order valence-electron chi connectivity index (χ4n) is 1.57. The van der Waals surface area contributed by atoms with Crippen molar-refractivity contribution < 1.29 is 9.90 Å². The summed E-state index contributed by atoms with van der Waals surface area (Å²) in [7, 11) is 1.98. The molecule has 1 heterocycles. The molecule has 1 fully saturated rings. The van der Waals surface area contributed by atoms with Gasteiger partial charge in [0.25, 0.3) is 0 Å². The Bertz CT molecular complexity index is 177.